The third kappa shape index (κ3) is 2.31. The molecular formula is C13H25N. The largest absolute Gasteiger partial charge is 0.327 e. The van der Waals surface area contributed by atoms with E-state index in [2.05, 4.69) is 6.92 Å². The molecule has 0 amide bonds. The van der Waals surface area contributed by atoms with Gasteiger partial charge >= 0.3 is 0 Å². The molecule has 0 radical (unpaired) electrons. The molecule has 1 nitrogen and oxygen atoms in total. The average molecular weight is 195 g/mol. The molecule has 2 fully saturated rings. The van der Waals surface area contributed by atoms with Gasteiger partial charge in [-0.2, -0.15) is 0 Å². The van der Waals surface area contributed by atoms with E-state index in [-0.39, 0.29) is 0 Å². The maximum atomic E-state index is 6.18. The van der Waals surface area contributed by atoms with E-state index in [1.165, 1.54) is 51.4 Å². The van der Waals surface area contributed by atoms with Crippen LogP contribution >= 0.6 is 0 Å². The molecule has 3 atom stereocenters. The van der Waals surface area contributed by atoms with Gasteiger partial charge in [0.05, 0.1) is 0 Å². The van der Waals surface area contributed by atoms with Crippen LogP contribution in [0.1, 0.15) is 58.3 Å². The van der Waals surface area contributed by atoms with Crippen LogP contribution in [0.5, 0.6) is 0 Å². The van der Waals surface area contributed by atoms with Gasteiger partial charge in [-0.25, -0.2) is 0 Å². The quantitative estimate of drug-likeness (QED) is 0.682. The fourth-order valence-electron chi connectivity index (χ4n) is 3.42. The molecule has 0 aromatic rings. The zero-order valence-electron chi connectivity index (χ0n) is 9.54. The van der Waals surface area contributed by atoms with Crippen LogP contribution in [0.4, 0.5) is 0 Å². The second-order valence-electron chi connectivity index (χ2n) is 5.61. The Morgan fingerprint density at radius 3 is 2.21 bits per heavy atom. The third-order valence-corrected chi connectivity index (χ3v) is 4.62. The van der Waals surface area contributed by atoms with E-state index in [1.54, 1.807) is 0 Å². The summed E-state index contributed by atoms with van der Waals surface area (Å²) in [6.07, 6.45) is 11.6. The lowest BCUT2D eigenvalue weighted by atomic mass is 9.70. The van der Waals surface area contributed by atoms with Gasteiger partial charge in [-0.3, -0.25) is 0 Å². The minimum Gasteiger partial charge on any atom is -0.327 e. The molecule has 0 bridgehead atoms. The molecule has 2 N–H and O–H groups in total. The van der Waals surface area contributed by atoms with Crippen molar-refractivity contribution in [2.24, 2.45) is 23.5 Å². The number of hydrogen-bond donors (Lipinski definition) is 1. The Kier molecular flexibility index (Phi) is 3.48. The molecular weight excluding hydrogens is 170 g/mol. The van der Waals surface area contributed by atoms with Crippen molar-refractivity contribution in [2.45, 2.75) is 64.3 Å². The SMILES string of the molecule is CC1CCC(C2CCCCC2)CC1N. The maximum absolute atomic E-state index is 6.18. The van der Waals surface area contributed by atoms with Gasteiger partial charge in [0.15, 0.2) is 0 Å². The highest BCUT2D eigenvalue weighted by molar-refractivity contribution is 4.84. The number of rotatable bonds is 1. The number of nitrogens with two attached hydrogens (primary N) is 1. The molecule has 2 saturated carbocycles. The van der Waals surface area contributed by atoms with Gasteiger partial charge in [-0.05, 0) is 37.0 Å². The van der Waals surface area contributed by atoms with Crippen LogP contribution in [0.3, 0.4) is 0 Å². The van der Waals surface area contributed by atoms with E-state index >= 15 is 0 Å². The van der Waals surface area contributed by atoms with Crippen molar-refractivity contribution < 1.29 is 0 Å². The minimum absolute atomic E-state index is 0.496. The highest BCUT2D eigenvalue weighted by Crippen LogP contribution is 2.39. The van der Waals surface area contributed by atoms with Gasteiger partial charge in [0, 0.05) is 6.04 Å². The topological polar surface area (TPSA) is 26.0 Å². The fraction of sp³-hybridized carbons (Fsp3) is 1.00. The van der Waals surface area contributed by atoms with Crippen molar-refractivity contribution in [2.75, 3.05) is 0 Å². The fourth-order valence-corrected chi connectivity index (χ4v) is 3.42. The molecule has 0 spiro atoms. The Balaban J connectivity index is 1.85. The molecule has 82 valence electrons. The van der Waals surface area contributed by atoms with Gasteiger partial charge in [-0.15, -0.1) is 0 Å². The van der Waals surface area contributed by atoms with Crippen molar-refractivity contribution in [3.8, 4) is 0 Å². The van der Waals surface area contributed by atoms with Crippen LogP contribution in [0.25, 0.3) is 0 Å². The lowest BCUT2D eigenvalue weighted by Gasteiger charge is -2.38. The van der Waals surface area contributed by atoms with E-state index in [4.69, 9.17) is 5.73 Å². The molecule has 0 aliphatic heterocycles. The van der Waals surface area contributed by atoms with Crippen LogP contribution in [0.2, 0.25) is 0 Å². The van der Waals surface area contributed by atoms with Crippen molar-refractivity contribution in [1.29, 1.82) is 0 Å². The van der Waals surface area contributed by atoms with E-state index in [1.807, 2.05) is 0 Å². The average Bonchev–Trinajstić information content (AvgIpc) is 2.23. The summed E-state index contributed by atoms with van der Waals surface area (Å²) in [5, 5.41) is 0. The van der Waals surface area contributed by atoms with Crippen LogP contribution in [0, 0.1) is 17.8 Å². The Bertz CT molecular complexity index is 172. The predicted octanol–water partition coefficient (Wildman–Crippen LogP) is 3.33. The van der Waals surface area contributed by atoms with Crippen LogP contribution in [0.15, 0.2) is 0 Å². The smallest absolute Gasteiger partial charge is 0.00672 e. The molecule has 0 heterocycles. The summed E-state index contributed by atoms with van der Waals surface area (Å²) in [6, 6.07) is 0.496. The van der Waals surface area contributed by atoms with Crippen LogP contribution in [-0.2, 0) is 0 Å². The number of hydrogen-bond acceptors (Lipinski definition) is 1. The van der Waals surface area contributed by atoms with Gasteiger partial charge in [0.1, 0.15) is 0 Å². The second kappa shape index (κ2) is 4.65. The van der Waals surface area contributed by atoms with Crippen molar-refractivity contribution in [1.82, 2.24) is 0 Å². The first kappa shape index (κ1) is 10.5. The van der Waals surface area contributed by atoms with E-state index in [9.17, 15) is 0 Å². The Morgan fingerprint density at radius 1 is 0.857 bits per heavy atom. The molecule has 1 heteroatoms. The summed E-state index contributed by atoms with van der Waals surface area (Å²) in [5.41, 5.74) is 6.18. The summed E-state index contributed by atoms with van der Waals surface area (Å²) in [7, 11) is 0. The first-order chi connectivity index (χ1) is 6.77. The molecule has 14 heavy (non-hydrogen) atoms. The third-order valence-electron chi connectivity index (χ3n) is 4.62. The molecule has 2 aliphatic carbocycles. The highest BCUT2D eigenvalue weighted by atomic mass is 14.7. The van der Waals surface area contributed by atoms with E-state index in [0.717, 1.165) is 17.8 Å². The van der Waals surface area contributed by atoms with E-state index in [0.29, 0.717) is 6.04 Å². The lowest BCUT2D eigenvalue weighted by Crippen LogP contribution is -2.37. The summed E-state index contributed by atoms with van der Waals surface area (Å²) in [4.78, 5) is 0. The normalized spacial score (nSPS) is 41.1. The van der Waals surface area contributed by atoms with Crippen LogP contribution in [-0.4, -0.2) is 6.04 Å². The highest BCUT2D eigenvalue weighted by Gasteiger charge is 2.30. The first-order valence-corrected chi connectivity index (χ1v) is 6.53. The van der Waals surface area contributed by atoms with Gasteiger partial charge in [0.2, 0.25) is 0 Å². The molecule has 0 aromatic heterocycles. The first-order valence-electron chi connectivity index (χ1n) is 6.53. The molecule has 0 aromatic carbocycles. The van der Waals surface area contributed by atoms with Crippen LogP contribution < -0.4 is 5.73 Å². The van der Waals surface area contributed by atoms with Gasteiger partial charge < -0.3 is 5.73 Å². The standard InChI is InChI=1S/C13H25N/c1-10-7-8-12(9-13(10)14)11-5-3-2-4-6-11/h10-13H,2-9,14H2,1H3. The monoisotopic (exact) mass is 195 g/mol. The lowest BCUT2D eigenvalue weighted by molar-refractivity contribution is 0.156. The Morgan fingerprint density at radius 2 is 1.57 bits per heavy atom. The van der Waals surface area contributed by atoms with Gasteiger partial charge in [-0.1, -0.05) is 39.0 Å². The Hall–Kier alpha value is -0.0400. The van der Waals surface area contributed by atoms with Crippen molar-refractivity contribution in [3.63, 3.8) is 0 Å². The predicted molar refractivity (Wildman–Crippen MR) is 61.1 cm³/mol. The maximum Gasteiger partial charge on any atom is 0.00672 e. The second-order valence-corrected chi connectivity index (χ2v) is 5.61. The molecule has 2 aliphatic rings. The van der Waals surface area contributed by atoms with Crippen molar-refractivity contribution in [3.05, 3.63) is 0 Å². The Labute approximate surface area is 88.4 Å². The summed E-state index contributed by atoms with van der Waals surface area (Å²) >= 11 is 0. The molecule has 2 rings (SSSR count). The zero-order chi connectivity index (χ0) is 9.97. The van der Waals surface area contributed by atoms with E-state index < -0.39 is 0 Å². The molecule has 3 unspecified atom stereocenters. The zero-order valence-corrected chi connectivity index (χ0v) is 9.54. The van der Waals surface area contributed by atoms with Gasteiger partial charge in [0.25, 0.3) is 0 Å². The summed E-state index contributed by atoms with van der Waals surface area (Å²) in [5.74, 6) is 2.78. The summed E-state index contributed by atoms with van der Waals surface area (Å²) in [6.45, 7) is 2.32. The minimum atomic E-state index is 0.496. The van der Waals surface area contributed by atoms with Crippen molar-refractivity contribution >= 4 is 0 Å². The molecule has 0 saturated heterocycles. The summed E-state index contributed by atoms with van der Waals surface area (Å²) < 4.78 is 0.